The van der Waals surface area contributed by atoms with Crippen LogP contribution in [0, 0.1) is 34.0 Å². The maximum Gasteiger partial charge on any atom is 0.264 e. The van der Waals surface area contributed by atoms with Crippen molar-refractivity contribution in [3.63, 3.8) is 0 Å². The Morgan fingerprint density at radius 3 is 2.34 bits per heavy atom. The number of benzene rings is 1. The summed E-state index contributed by atoms with van der Waals surface area (Å²) in [6.45, 7) is 2.50. The van der Waals surface area contributed by atoms with Crippen LogP contribution in [0.15, 0.2) is 47.0 Å². The highest BCUT2D eigenvalue weighted by Gasteiger charge is 2.24. The molecule has 7 nitrogen and oxygen atoms in total. The topological polar surface area (TPSA) is 107 Å². The van der Waals surface area contributed by atoms with Gasteiger partial charge in [-0.05, 0) is 29.6 Å². The number of carbonyl (C=O) groups is 1. The lowest BCUT2D eigenvalue weighted by Gasteiger charge is -2.36. The maximum absolute atomic E-state index is 12.5. The van der Waals surface area contributed by atoms with Gasteiger partial charge in [0.05, 0.1) is 15.6 Å². The number of nitrogens with one attached hydrogen (secondary N) is 1. The summed E-state index contributed by atoms with van der Waals surface area (Å²) in [5.41, 5.74) is 0.910. The summed E-state index contributed by atoms with van der Waals surface area (Å²) >= 11 is 7.87. The van der Waals surface area contributed by atoms with Crippen LogP contribution in [0.3, 0.4) is 0 Å². The van der Waals surface area contributed by atoms with E-state index in [9.17, 15) is 4.79 Å². The van der Waals surface area contributed by atoms with Gasteiger partial charge >= 0.3 is 0 Å². The van der Waals surface area contributed by atoms with E-state index in [0.717, 1.165) is 10.6 Å². The van der Waals surface area contributed by atoms with Crippen molar-refractivity contribution in [2.45, 2.75) is 0 Å². The first-order chi connectivity index (χ1) is 14.1. The quantitative estimate of drug-likeness (QED) is 0.754. The van der Waals surface area contributed by atoms with Crippen LogP contribution in [0.4, 0.5) is 11.4 Å². The minimum Gasteiger partial charge on any atom is -0.367 e. The highest BCUT2D eigenvalue weighted by atomic mass is 35.5. The van der Waals surface area contributed by atoms with Crippen molar-refractivity contribution in [3.8, 4) is 18.2 Å². The van der Waals surface area contributed by atoms with Crippen LogP contribution in [-0.4, -0.2) is 37.0 Å². The highest BCUT2D eigenvalue weighted by Crippen LogP contribution is 2.30. The molecule has 1 amide bonds. The van der Waals surface area contributed by atoms with Crippen LogP contribution in [0.25, 0.3) is 0 Å². The largest absolute Gasteiger partial charge is 0.367 e. The van der Waals surface area contributed by atoms with Crippen molar-refractivity contribution in [2.75, 3.05) is 36.4 Å². The third-order valence-electron chi connectivity index (χ3n) is 4.44. The lowest BCUT2D eigenvalue weighted by Crippen LogP contribution is -2.48. The molecular formula is C20H15ClN6OS. The molecule has 0 saturated carbocycles. The van der Waals surface area contributed by atoms with Crippen molar-refractivity contribution in [2.24, 2.45) is 0 Å². The molecule has 144 valence electrons. The van der Waals surface area contributed by atoms with E-state index in [1.165, 1.54) is 11.3 Å². The maximum atomic E-state index is 12.5. The Morgan fingerprint density at radius 1 is 1.07 bits per heavy atom. The fourth-order valence-corrected chi connectivity index (χ4v) is 3.97. The van der Waals surface area contributed by atoms with Crippen LogP contribution in [-0.2, 0) is 0 Å². The highest BCUT2D eigenvalue weighted by molar-refractivity contribution is 7.12. The van der Waals surface area contributed by atoms with Crippen molar-refractivity contribution >= 4 is 40.2 Å². The van der Waals surface area contributed by atoms with E-state index in [0.29, 0.717) is 36.9 Å². The molecule has 2 aromatic rings. The molecular weight excluding hydrogens is 408 g/mol. The number of hydrogen-bond donors (Lipinski definition) is 1. The lowest BCUT2D eigenvalue weighted by molar-refractivity contribution is 0.0751. The summed E-state index contributed by atoms with van der Waals surface area (Å²) in [4.78, 5) is 17.1. The summed E-state index contributed by atoms with van der Waals surface area (Å²) in [6, 6.07) is 14.1. The van der Waals surface area contributed by atoms with Gasteiger partial charge in [0.15, 0.2) is 5.57 Å². The number of nitriles is 3. The van der Waals surface area contributed by atoms with E-state index < -0.39 is 0 Å². The molecule has 0 aliphatic carbocycles. The van der Waals surface area contributed by atoms with E-state index in [4.69, 9.17) is 27.4 Å². The molecule has 0 radical (unpaired) electrons. The minimum atomic E-state index is -0.292. The van der Waals surface area contributed by atoms with Gasteiger partial charge in [0, 0.05) is 31.9 Å². The van der Waals surface area contributed by atoms with Crippen molar-refractivity contribution in [1.29, 1.82) is 15.8 Å². The molecule has 1 fully saturated rings. The molecule has 1 aliphatic rings. The number of piperazine rings is 1. The first kappa shape index (κ1) is 20.2. The molecule has 0 bridgehead atoms. The number of rotatable bonds is 4. The van der Waals surface area contributed by atoms with E-state index in [-0.39, 0.29) is 17.2 Å². The van der Waals surface area contributed by atoms with E-state index in [1.54, 1.807) is 24.3 Å². The first-order valence-electron chi connectivity index (χ1n) is 8.66. The monoisotopic (exact) mass is 422 g/mol. The Labute approximate surface area is 177 Å². The van der Waals surface area contributed by atoms with Crippen molar-refractivity contribution < 1.29 is 4.79 Å². The summed E-state index contributed by atoms with van der Waals surface area (Å²) < 4.78 is 0. The van der Waals surface area contributed by atoms with E-state index in [2.05, 4.69) is 10.2 Å². The zero-order valence-corrected chi connectivity index (χ0v) is 16.8. The first-order valence-corrected chi connectivity index (χ1v) is 9.92. The molecule has 29 heavy (non-hydrogen) atoms. The number of carbonyl (C=O) groups excluding carboxylic acids is 1. The molecule has 1 aromatic heterocycles. The van der Waals surface area contributed by atoms with Crippen LogP contribution in [0.5, 0.6) is 0 Å². The normalized spacial score (nSPS) is 13.0. The van der Waals surface area contributed by atoms with Crippen molar-refractivity contribution in [3.05, 3.63) is 56.9 Å². The smallest absolute Gasteiger partial charge is 0.264 e. The SMILES string of the molecule is N#CC(C#N)=C(C#N)Nc1ccc(N2CCN(C(=O)c3cccs3)CC2)c(Cl)c1. The molecule has 0 spiro atoms. The zero-order valence-electron chi connectivity index (χ0n) is 15.2. The van der Waals surface area contributed by atoms with Gasteiger partial charge in [-0.1, -0.05) is 17.7 Å². The van der Waals surface area contributed by atoms with E-state index >= 15 is 0 Å². The number of allylic oxidation sites excluding steroid dienone is 2. The zero-order chi connectivity index (χ0) is 20.8. The predicted octanol–water partition coefficient (Wildman–Crippen LogP) is 3.60. The Balaban J connectivity index is 1.68. The van der Waals surface area contributed by atoms with Gasteiger partial charge in [-0.25, -0.2) is 0 Å². The van der Waals surface area contributed by atoms with Gasteiger partial charge in [-0.15, -0.1) is 11.3 Å². The molecule has 9 heteroatoms. The number of nitrogens with zero attached hydrogens (tertiary/aromatic N) is 5. The third kappa shape index (κ3) is 4.50. The van der Waals surface area contributed by atoms with Crippen LogP contribution in [0.2, 0.25) is 5.02 Å². The molecule has 0 atom stereocenters. The second-order valence-corrected chi connectivity index (χ2v) is 7.49. The van der Waals surface area contributed by atoms with Crippen molar-refractivity contribution in [1.82, 2.24) is 4.90 Å². The van der Waals surface area contributed by atoms with Gasteiger partial charge in [0.2, 0.25) is 0 Å². The standard InChI is InChI=1S/C20H15ClN6OS/c21-16-10-15(25-17(13-24)14(11-22)12-23)3-4-18(16)26-5-7-27(8-6-26)20(28)19-2-1-9-29-19/h1-4,9-10,25H,5-8H2. The minimum absolute atomic E-state index is 0.0481. The molecule has 3 rings (SSSR count). The molecule has 0 unspecified atom stereocenters. The lowest BCUT2D eigenvalue weighted by atomic mass is 10.2. The number of halogens is 1. The molecule has 1 saturated heterocycles. The van der Waals surface area contributed by atoms with Crippen LogP contribution >= 0.6 is 22.9 Å². The Bertz CT molecular complexity index is 1050. The second-order valence-electron chi connectivity index (χ2n) is 6.13. The summed E-state index contributed by atoms with van der Waals surface area (Å²) in [5.74, 6) is 0.0481. The Kier molecular flexibility index (Phi) is 6.36. The van der Waals surface area contributed by atoms with Gasteiger partial charge in [0.25, 0.3) is 5.91 Å². The Morgan fingerprint density at radius 2 is 1.79 bits per heavy atom. The van der Waals surface area contributed by atoms with Gasteiger partial charge in [0.1, 0.15) is 23.9 Å². The van der Waals surface area contributed by atoms with Crippen LogP contribution < -0.4 is 10.2 Å². The Hall–Kier alpha value is -3.51. The molecule has 1 N–H and O–H groups in total. The molecule has 1 aliphatic heterocycles. The summed E-state index contributed by atoms with van der Waals surface area (Å²) in [7, 11) is 0. The van der Waals surface area contributed by atoms with Gasteiger partial charge in [-0.2, -0.15) is 15.8 Å². The third-order valence-corrected chi connectivity index (χ3v) is 5.60. The average Bonchev–Trinajstić information content (AvgIpc) is 3.28. The van der Waals surface area contributed by atoms with Gasteiger partial charge < -0.3 is 15.1 Å². The number of thiophene rings is 1. The fourth-order valence-electron chi connectivity index (χ4n) is 2.98. The van der Waals surface area contributed by atoms with Crippen LogP contribution in [0.1, 0.15) is 9.67 Å². The van der Waals surface area contributed by atoms with E-state index in [1.807, 2.05) is 34.5 Å². The number of amides is 1. The molecule has 1 aromatic carbocycles. The number of anilines is 2. The summed E-state index contributed by atoms with van der Waals surface area (Å²) in [5, 5.41) is 32.1. The molecule has 2 heterocycles. The second kappa shape index (κ2) is 9.12. The summed E-state index contributed by atoms with van der Waals surface area (Å²) in [6.07, 6.45) is 0. The average molecular weight is 423 g/mol. The fraction of sp³-hybridized carbons (Fsp3) is 0.200. The number of hydrogen-bond acceptors (Lipinski definition) is 7. The van der Waals surface area contributed by atoms with Gasteiger partial charge in [-0.3, -0.25) is 4.79 Å². The predicted molar refractivity (Wildman–Crippen MR) is 111 cm³/mol.